The smallest absolute Gasteiger partial charge is 0.330 e. The summed E-state index contributed by atoms with van der Waals surface area (Å²) >= 11 is 0. The number of carbonyl (C=O) groups excluding carboxylic acids is 1. The number of ether oxygens (including phenoxy) is 1. The molecule has 0 unspecified atom stereocenters. The first kappa shape index (κ1) is 10.5. The van der Waals surface area contributed by atoms with Gasteiger partial charge in [0.15, 0.2) is 0 Å². The van der Waals surface area contributed by atoms with Crippen molar-refractivity contribution in [2.75, 3.05) is 7.11 Å². The maximum Gasteiger partial charge on any atom is 0.330 e. The van der Waals surface area contributed by atoms with E-state index in [1.807, 2.05) is 41.9 Å². The van der Waals surface area contributed by atoms with Crippen molar-refractivity contribution in [3.05, 3.63) is 42.1 Å². The molecule has 0 atom stereocenters. The topological polar surface area (TPSA) is 31.2 Å². The standard InChI is InChI=1S/C13H13NO2/c1-14-11(7-8-13(15)16-2)9-10-5-3-4-6-12(10)14/h3-9H,1-2H3/b8-7+. The van der Waals surface area contributed by atoms with Gasteiger partial charge in [0.2, 0.25) is 0 Å². The number of rotatable bonds is 2. The molecule has 0 spiro atoms. The third kappa shape index (κ3) is 1.84. The fourth-order valence-corrected chi connectivity index (χ4v) is 1.69. The summed E-state index contributed by atoms with van der Waals surface area (Å²) in [4.78, 5) is 11.0. The van der Waals surface area contributed by atoms with Crippen molar-refractivity contribution in [1.29, 1.82) is 0 Å². The van der Waals surface area contributed by atoms with Gasteiger partial charge in [0.05, 0.1) is 7.11 Å². The zero-order valence-electron chi connectivity index (χ0n) is 9.31. The Bertz CT molecular complexity index is 552. The molecule has 2 rings (SSSR count). The van der Waals surface area contributed by atoms with E-state index in [-0.39, 0.29) is 5.97 Å². The van der Waals surface area contributed by atoms with Crippen LogP contribution in [0.5, 0.6) is 0 Å². The lowest BCUT2D eigenvalue weighted by Crippen LogP contribution is -1.95. The highest BCUT2D eigenvalue weighted by molar-refractivity contribution is 5.89. The third-order valence-corrected chi connectivity index (χ3v) is 2.58. The largest absolute Gasteiger partial charge is 0.466 e. The maximum absolute atomic E-state index is 11.0. The Kier molecular flexibility index (Phi) is 2.77. The zero-order valence-corrected chi connectivity index (χ0v) is 9.31. The lowest BCUT2D eigenvalue weighted by molar-refractivity contribution is -0.134. The van der Waals surface area contributed by atoms with E-state index >= 15 is 0 Å². The first-order valence-corrected chi connectivity index (χ1v) is 5.03. The summed E-state index contributed by atoms with van der Waals surface area (Å²) in [5.41, 5.74) is 2.12. The quantitative estimate of drug-likeness (QED) is 0.569. The van der Waals surface area contributed by atoms with E-state index in [1.54, 1.807) is 6.08 Å². The molecule has 0 amide bonds. The fraction of sp³-hybridized carbons (Fsp3) is 0.154. The van der Waals surface area contributed by atoms with Gasteiger partial charge in [-0.3, -0.25) is 0 Å². The number of carbonyl (C=O) groups is 1. The minimum atomic E-state index is -0.342. The number of benzene rings is 1. The first-order valence-electron chi connectivity index (χ1n) is 5.03. The second-order valence-electron chi connectivity index (χ2n) is 3.54. The molecule has 2 aromatic rings. The van der Waals surface area contributed by atoms with E-state index < -0.39 is 0 Å². The summed E-state index contributed by atoms with van der Waals surface area (Å²) in [5.74, 6) is -0.342. The molecule has 0 radical (unpaired) electrons. The van der Waals surface area contributed by atoms with Crippen molar-refractivity contribution >= 4 is 22.9 Å². The van der Waals surface area contributed by atoms with Crippen LogP contribution in [0.25, 0.3) is 17.0 Å². The van der Waals surface area contributed by atoms with Crippen molar-refractivity contribution in [3.8, 4) is 0 Å². The molecule has 0 fully saturated rings. The molecule has 1 aromatic heterocycles. The van der Waals surface area contributed by atoms with Gasteiger partial charge in [0, 0.05) is 29.7 Å². The molecule has 1 heterocycles. The maximum atomic E-state index is 11.0. The average Bonchev–Trinajstić information content (AvgIpc) is 2.64. The summed E-state index contributed by atoms with van der Waals surface area (Å²) in [5, 5.41) is 1.16. The molecule has 82 valence electrons. The van der Waals surface area contributed by atoms with E-state index in [0.29, 0.717) is 0 Å². The van der Waals surface area contributed by atoms with Gasteiger partial charge < -0.3 is 9.30 Å². The highest BCUT2D eigenvalue weighted by atomic mass is 16.5. The molecule has 1 aromatic carbocycles. The van der Waals surface area contributed by atoms with Gasteiger partial charge in [-0.15, -0.1) is 0 Å². The molecule has 0 saturated carbocycles. The van der Waals surface area contributed by atoms with Gasteiger partial charge in [-0.25, -0.2) is 4.79 Å². The molecule has 0 aliphatic heterocycles. The third-order valence-electron chi connectivity index (χ3n) is 2.58. The number of hydrogen-bond acceptors (Lipinski definition) is 2. The van der Waals surface area contributed by atoms with E-state index in [2.05, 4.69) is 4.74 Å². The number of esters is 1. The lowest BCUT2D eigenvalue weighted by Gasteiger charge is -1.98. The van der Waals surface area contributed by atoms with Gasteiger partial charge in [-0.2, -0.15) is 0 Å². The number of aryl methyl sites for hydroxylation is 1. The summed E-state index contributed by atoms with van der Waals surface area (Å²) in [6.07, 6.45) is 3.18. The molecule has 0 aliphatic carbocycles. The minimum absolute atomic E-state index is 0.342. The van der Waals surface area contributed by atoms with E-state index in [9.17, 15) is 4.79 Å². The van der Waals surface area contributed by atoms with Crippen molar-refractivity contribution < 1.29 is 9.53 Å². The fourth-order valence-electron chi connectivity index (χ4n) is 1.69. The molecular weight excluding hydrogens is 202 g/mol. The van der Waals surface area contributed by atoms with Crippen molar-refractivity contribution in [1.82, 2.24) is 4.57 Å². The Morgan fingerprint density at radius 1 is 1.38 bits per heavy atom. The normalized spacial score (nSPS) is 11.1. The predicted octanol–water partition coefficient (Wildman–Crippen LogP) is 2.36. The SMILES string of the molecule is COC(=O)/C=C/c1cc2ccccc2n1C. The molecule has 3 nitrogen and oxygen atoms in total. The van der Waals surface area contributed by atoms with Gasteiger partial charge in [-0.05, 0) is 18.2 Å². The van der Waals surface area contributed by atoms with Gasteiger partial charge in [0.1, 0.15) is 0 Å². The Hall–Kier alpha value is -2.03. The van der Waals surface area contributed by atoms with Crippen LogP contribution in [0.15, 0.2) is 36.4 Å². The van der Waals surface area contributed by atoms with E-state index in [0.717, 1.165) is 16.6 Å². The summed E-state index contributed by atoms with van der Waals surface area (Å²) < 4.78 is 6.59. The number of para-hydroxylation sites is 1. The molecular formula is C13H13NO2. The molecule has 0 N–H and O–H groups in total. The molecule has 0 saturated heterocycles. The number of hydrogen-bond donors (Lipinski definition) is 0. The Morgan fingerprint density at radius 2 is 2.12 bits per heavy atom. The molecule has 0 aliphatic rings. The zero-order chi connectivity index (χ0) is 11.5. The minimum Gasteiger partial charge on any atom is -0.466 e. The highest BCUT2D eigenvalue weighted by Crippen LogP contribution is 2.19. The molecule has 0 bridgehead atoms. The number of aromatic nitrogens is 1. The van der Waals surface area contributed by atoms with Crippen LogP contribution >= 0.6 is 0 Å². The number of fused-ring (bicyclic) bond motifs is 1. The average molecular weight is 215 g/mol. The van der Waals surface area contributed by atoms with Gasteiger partial charge in [0.25, 0.3) is 0 Å². The Morgan fingerprint density at radius 3 is 2.81 bits per heavy atom. The summed E-state index contributed by atoms with van der Waals surface area (Å²) in [6.45, 7) is 0. The lowest BCUT2D eigenvalue weighted by atomic mass is 10.2. The van der Waals surface area contributed by atoms with Crippen LogP contribution in [-0.4, -0.2) is 17.6 Å². The van der Waals surface area contributed by atoms with Crippen LogP contribution in [0.4, 0.5) is 0 Å². The van der Waals surface area contributed by atoms with Crippen LogP contribution in [0.1, 0.15) is 5.69 Å². The van der Waals surface area contributed by atoms with Gasteiger partial charge in [-0.1, -0.05) is 18.2 Å². The second-order valence-corrected chi connectivity index (χ2v) is 3.54. The second kappa shape index (κ2) is 4.23. The monoisotopic (exact) mass is 215 g/mol. The van der Waals surface area contributed by atoms with Crippen LogP contribution in [0.3, 0.4) is 0 Å². The van der Waals surface area contributed by atoms with Crippen LogP contribution in [-0.2, 0) is 16.6 Å². The Labute approximate surface area is 93.9 Å². The van der Waals surface area contributed by atoms with Gasteiger partial charge >= 0.3 is 5.97 Å². The van der Waals surface area contributed by atoms with E-state index in [4.69, 9.17) is 0 Å². The first-order chi connectivity index (χ1) is 7.72. The number of nitrogens with zero attached hydrogens (tertiary/aromatic N) is 1. The molecule has 3 heteroatoms. The van der Waals surface area contributed by atoms with Crippen molar-refractivity contribution in [2.24, 2.45) is 7.05 Å². The predicted molar refractivity (Wildman–Crippen MR) is 64.0 cm³/mol. The van der Waals surface area contributed by atoms with Crippen LogP contribution in [0.2, 0.25) is 0 Å². The van der Waals surface area contributed by atoms with Crippen LogP contribution in [0, 0.1) is 0 Å². The van der Waals surface area contributed by atoms with Crippen molar-refractivity contribution in [2.45, 2.75) is 0 Å². The summed E-state index contributed by atoms with van der Waals surface area (Å²) in [7, 11) is 3.34. The Balaban J connectivity index is 2.42. The summed E-state index contributed by atoms with van der Waals surface area (Å²) in [6, 6.07) is 10.1. The highest BCUT2D eigenvalue weighted by Gasteiger charge is 2.02. The van der Waals surface area contributed by atoms with Crippen LogP contribution < -0.4 is 0 Å². The van der Waals surface area contributed by atoms with Crippen molar-refractivity contribution in [3.63, 3.8) is 0 Å². The number of methoxy groups -OCH3 is 1. The molecule has 16 heavy (non-hydrogen) atoms. The van der Waals surface area contributed by atoms with E-state index in [1.165, 1.54) is 13.2 Å².